The zero-order chi connectivity index (χ0) is 13.8. The van der Waals surface area contributed by atoms with Crippen molar-refractivity contribution in [2.75, 3.05) is 39.5 Å². The molecule has 4 heteroatoms. The van der Waals surface area contributed by atoms with Gasteiger partial charge in [-0.2, -0.15) is 0 Å². The molecule has 1 fully saturated rings. The number of phenols is 1. The standard InChI is InChI=1S/C16H19NO3/c18-15-5-6-16(14-4-2-1-3-13(14)15)20-12-9-17-7-10-19-11-8-17/h1-6,18H,7-12H2. The lowest BCUT2D eigenvalue weighted by Gasteiger charge is -2.26. The van der Waals surface area contributed by atoms with Gasteiger partial charge in [-0.3, -0.25) is 4.90 Å². The highest BCUT2D eigenvalue weighted by Crippen LogP contribution is 2.32. The summed E-state index contributed by atoms with van der Waals surface area (Å²) in [6, 6.07) is 11.3. The van der Waals surface area contributed by atoms with Crippen molar-refractivity contribution in [3.63, 3.8) is 0 Å². The Morgan fingerprint density at radius 1 is 1.05 bits per heavy atom. The SMILES string of the molecule is Oc1ccc(OCCN2CCOCC2)c2ccccc12. The Hall–Kier alpha value is -1.78. The molecule has 1 saturated heterocycles. The average Bonchev–Trinajstić information content (AvgIpc) is 2.51. The number of morpholine rings is 1. The van der Waals surface area contributed by atoms with E-state index < -0.39 is 0 Å². The summed E-state index contributed by atoms with van der Waals surface area (Å²) in [6.45, 7) is 5.11. The van der Waals surface area contributed by atoms with Crippen LogP contribution in [0.2, 0.25) is 0 Å². The van der Waals surface area contributed by atoms with E-state index in [1.165, 1.54) is 0 Å². The lowest BCUT2D eigenvalue weighted by atomic mass is 10.1. The molecule has 0 atom stereocenters. The van der Waals surface area contributed by atoms with Crippen LogP contribution in [-0.4, -0.2) is 49.5 Å². The maximum Gasteiger partial charge on any atom is 0.127 e. The first kappa shape index (κ1) is 13.2. The number of phenolic OH excluding ortho intramolecular Hbond substituents is 1. The number of ether oxygens (including phenoxy) is 2. The van der Waals surface area contributed by atoms with Crippen molar-refractivity contribution in [2.24, 2.45) is 0 Å². The van der Waals surface area contributed by atoms with E-state index in [-0.39, 0.29) is 0 Å². The molecule has 1 N–H and O–H groups in total. The summed E-state index contributed by atoms with van der Waals surface area (Å²) in [7, 11) is 0. The zero-order valence-electron chi connectivity index (χ0n) is 11.4. The van der Waals surface area contributed by atoms with Crippen molar-refractivity contribution in [1.82, 2.24) is 4.90 Å². The molecule has 106 valence electrons. The van der Waals surface area contributed by atoms with Crippen LogP contribution < -0.4 is 4.74 Å². The first-order chi connectivity index (χ1) is 9.84. The van der Waals surface area contributed by atoms with E-state index in [2.05, 4.69) is 4.90 Å². The Morgan fingerprint density at radius 2 is 1.80 bits per heavy atom. The highest BCUT2D eigenvalue weighted by atomic mass is 16.5. The van der Waals surface area contributed by atoms with Crippen molar-refractivity contribution in [2.45, 2.75) is 0 Å². The fourth-order valence-corrected chi connectivity index (χ4v) is 2.49. The summed E-state index contributed by atoms with van der Waals surface area (Å²) in [4.78, 5) is 2.34. The summed E-state index contributed by atoms with van der Waals surface area (Å²) >= 11 is 0. The Labute approximate surface area is 118 Å². The maximum absolute atomic E-state index is 9.85. The van der Waals surface area contributed by atoms with Gasteiger partial charge in [0.25, 0.3) is 0 Å². The summed E-state index contributed by atoms with van der Waals surface area (Å²) in [6.07, 6.45) is 0. The van der Waals surface area contributed by atoms with Gasteiger partial charge in [0.1, 0.15) is 18.1 Å². The Kier molecular flexibility index (Phi) is 4.04. The first-order valence-corrected chi connectivity index (χ1v) is 6.98. The minimum atomic E-state index is 0.293. The number of nitrogens with zero attached hydrogens (tertiary/aromatic N) is 1. The Bertz CT molecular complexity index is 579. The minimum Gasteiger partial charge on any atom is -0.507 e. The van der Waals surface area contributed by atoms with Gasteiger partial charge in [-0.15, -0.1) is 0 Å². The van der Waals surface area contributed by atoms with Crippen LogP contribution >= 0.6 is 0 Å². The molecule has 3 rings (SSSR count). The molecule has 0 unspecified atom stereocenters. The van der Waals surface area contributed by atoms with Gasteiger partial charge in [-0.05, 0) is 12.1 Å². The topological polar surface area (TPSA) is 41.9 Å². The molecule has 1 aliphatic heterocycles. The number of hydrogen-bond donors (Lipinski definition) is 1. The monoisotopic (exact) mass is 273 g/mol. The predicted octanol–water partition coefficient (Wildman–Crippen LogP) is 2.26. The average molecular weight is 273 g/mol. The maximum atomic E-state index is 9.85. The zero-order valence-corrected chi connectivity index (χ0v) is 11.4. The van der Waals surface area contributed by atoms with Crippen LogP contribution in [-0.2, 0) is 4.74 Å². The van der Waals surface area contributed by atoms with Crippen LogP contribution in [0.3, 0.4) is 0 Å². The van der Waals surface area contributed by atoms with Gasteiger partial charge in [0.2, 0.25) is 0 Å². The van der Waals surface area contributed by atoms with Gasteiger partial charge in [0.05, 0.1) is 13.2 Å². The molecule has 0 amide bonds. The van der Waals surface area contributed by atoms with Crippen molar-refractivity contribution in [3.05, 3.63) is 36.4 Å². The number of rotatable bonds is 4. The molecule has 0 aromatic heterocycles. The first-order valence-electron chi connectivity index (χ1n) is 6.98. The number of aromatic hydroxyl groups is 1. The molecule has 1 aliphatic rings. The van der Waals surface area contributed by atoms with Crippen molar-refractivity contribution in [1.29, 1.82) is 0 Å². The molecular formula is C16H19NO3. The number of fused-ring (bicyclic) bond motifs is 1. The summed E-state index contributed by atoms with van der Waals surface area (Å²) in [5.41, 5.74) is 0. The lowest BCUT2D eigenvalue weighted by molar-refractivity contribution is 0.0323. The molecule has 0 bridgehead atoms. The Balaban J connectivity index is 1.67. The normalized spacial score (nSPS) is 16.4. The second kappa shape index (κ2) is 6.11. The van der Waals surface area contributed by atoms with Crippen molar-refractivity contribution < 1.29 is 14.6 Å². The molecule has 0 aliphatic carbocycles. The van der Waals surface area contributed by atoms with Crippen LogP contribution in [0.1, 0.15) is 0 Å². The molecule has 2 aromatic carbocycles. The molecule has 0 saturated carbocycles. The lowest BCUT2D eigenvalue weighted by Crippen LogP contribution is -2.38. The number of benzene rings is 2. The fraction of sp³-hybridized carbons (Fsp3) is 0.375. The van der Waals surface area contributed by atoms with Gasteiger partial charge < -0.3 is 14.6 Å². The third kappa shape index (κ3) is 2.86. The van der Waals surface area contributed by atoms with Crippen molar-refractivity contribution >= 4 is 10.8 Å². The third-order valence-electron chi connectivity index (χ3n) is 3.63. The van der Waals surface area contributed by atoms with E-state index in [1.807, 2.05) is 30.3 Å². The highest BCUT2D eigenvalue weighted by Gasteiger charge is 2.10. The molecule has 2 aromatic rings. The van der Waals surface area contributed by atoms with Crippen molar-refractivity contribution in [3.8, 4) is 11.5 Å². The molecule has 0 spiro atoms. The molecule has 4 nitrogen and oxygen atoms in total. The van der Waals surface area contributed by atoms with E-state index in [1.54, 1.807) is 6.07 Å². The van der Waals surface area contributed by atoms with Gasteiger partial charge in [0, 0.05) is 30.4 Å². The highest BCUT2D eigenvalue weighted by molar-refractivity contribution is 5.92. The van der Waals surface area contributed by atoms with E-state index >= 15 is 0 Å². The van der Waals surface area contributed by atoms with Crippen LogP contribution in [0, 0.1) is 0 Å². The van der Waals surface area contributed by atoms with E-state index in [0.29, 0.717) is 12.4 Å². The smallest absolute Gasteiger partial charge is 0.127 e. The van der Waals surface area contributed by atoms with Gasteiger partial charge in [-0.25, -0.2) is 0 Å². The third-order valence-corrected chi connectivity index (χ3v) is 3.63. The van der Waals surface area contributed by atoms with Gasteiger partial charge in [-0.1, -0.05) is 24.3 Å². The van der Waals surface area contributed by atoms with Crippen LogP contribution in [0.25, 0.3) is 10.8 Å². The second-order valence-corrected chi connectivity index (χ2v) is 4.93. The Morgan fingerprint density at radius 3 is 2.60 bits per heavy atom. The second-order valence-electron chi connectivity index (χ2n) is 4.93. The van der Waals surface area contributed by atoms with Crippen LogP contribution in [0.15, 0.2) is 36.4 Å². The largest absolute Gasteiger partial charge is 0.507 e. The van der Waals surface area contributed by atoms with Gasteiger partial charge >= 0.3 is 0 Å². The molecular weight excluding hydrogens is 254 g/mol. The van der Waals surface area contributed by atoms with E-state index in [9.17, 15) is 5.11 Å². The summed E-state index contributed by atoms with van der Waals surface area (Å²) < 4.78 is 11.2. The fourth-order valence-electron chi connectivity index (χ4n) is 2.49. The van der Waals surface area contributed by atoms with Crippen LogP contribution in [0.4, 0.5) is 0 Å². The minimum absolute atomic E-state index is 0.293. The predicted molar refractivity (Wildman–Crippen MR) is 78.4 cm³/mol. The van der Waals surface area contributed by atoms with E-state index in [4.69, 9.17) is 9.47 Å². The van der Waals surface area contributed by atoms with Gasteiger partial charge in [0.15, 0.2) is 0 Å². The molecule has 0 radical (unpaired) electrons. The quantitative estimate of drug-likeness (QED) is 0.928. The van der Waals surface area contributed by atoms with E-state index in [0.717, 1.165) is 49.4 Å². The molecule has 20 heavy (non-hydrogen) atoms. The van der Waals surface area contributed by atoms with Crippen LogP contribution in [0.5, 0.6) is 11.5 Å². The summed E-state index contributed by atoms with van der Waals surface area (Å²) in [5.74, 6) is 1.12. The number of hydrogen-bond acceptors (Lipinski definition) is 4. The summed E-state index contributed by atoms with van der Waals surface area (Å²) in [5, 5.41) is 11.6. The molecule has 1 heterocycles.